The molecule has 0 bridgehead atoms. The minimum absolute atomic E-state index is 0.0876. The number of benzene rings is 2. The first kappa shape index (κ1) is 20.2. The predicted octanol–water partition coefficient (Wildman–Crippen LogP) is 4.65. The topological polar surface area (TPSA) is 66.9 Å². The van der Waals surface area contributed by atoms with E-state index in [-0.39, 0.29) is 18.8 Å². The van der Waals surface area contributed by atoms with Crippen molar-refractivity contribution in [1.82, 2.24) is 4.98 Å². The summed E-state index contributed by atoms with van der Waals surface area (Å²) in [5.41, 5.74) is 2.40. The highest BCUT2D eigenvalue weighted by molar-refractivity contribution is 7.13. The number of methoxy groups -OCH3 is 1. The Morgan fingerprint density at radius 1 is 1.17 bits per heavy atom. The minimum atomic E-state index is -0.461. The lowest BCUT2D eigenvalue weighted by Crippen LogP contribution is -2.24. The Bertz CT molecular complexity index is 1060. The molecule has 156 valence electrons. The summed E-state index contributed by atoms with van der Waals surface area (Å²) >= 11 is 1.48. The Morgan fingerprint density at radius 2 is 1.97 bits per heavy atom. The molecule has 2 aromatic carbocycles. The van der Waals surface area contributed by atoms with Crippen molar-refractivity contribution in [3.63, 3.8) is 0 Å². The fourth-order valence-corrected chi connectivity index (χ4v) is 4.19. The second-order valence-electron chi connectivity index (χ2n) is 7.58. The van der Waals surface area contributed by atoms with Gasteiger partial charge in [0.1, 0.15) is 23.0 Å². The number of rotatable bonds is 7. The van der Waals surface area contributed by atoms with E-state index in [2.05, 4.69) is 4.98 Å². The van der Waals surface area contributed by atoms with Gasteiger partial charge in [-0.25, -0.2) is 9.78 Å². The van der Waals surface area contributed by atoms with Gasteiger partial charge in [-0.1, -0.05) is 24.3 Å². The molecule has 0 radical (unpaired) electrons. The molecule has 2 heterocycles. The van der Waals surface area contributed by atoms with Gasteiger partial charge in [0.2, 0.25) is 0 Å². The van der Waals surface area contributed by atoms with E-state index in [4.69, 9.17) is 18.9 Å². The van der Waals surface area contributed by atoms with Gasteiger partial charge in [-0.05, 0) is 32.0 Å². The molecule has 1 aliphatic rings. The van der Waals surface area contributed by atoms with Crippen LogP contribution in [0, 0.1) is 0 Å². The fraction of sp³-hybridized carbons (Fsp3) is 0.304. The van der Waals surface area contributed by atoms with Crippen molar-refractivity contribution in [2.75, 3.05) is 13.7 Å². The number of nitrogens with zero attached hydrogens (tertiary/aromatic N) is 1. The molecule has 4 rings (SSSR count). The molecule has 0 atom stereocenters. The van der Waals surface area contributed by atoms with Crippen LogP contribution in [0.5, 0.6) is 17.2 Å². The summed E-state index contributed by atoms with van der Waals surface area (Å²) in [5, 5.41) is 2.69. The normalized spacial score (nSPS) is 14.0. The van der Waals surface area contributed by atoms with Crippen LogP contribution in [0.4, 0.5) is 0 Å². The van der Waals surface area contributed by atoms with Crippen LogP contribution >= 0.6 is 11.3 Å². The number of para-hydroxylation sites is 2. The first-order valence-electron chi connectivity index (χ1n) is 9.62. The van der Waals surface area contributed by atoms with E-state index in [0.29, 0.717) is 17.2 Å². The van der Waals surface area contributed by atoms with Crippen molar-refractivity contribution >= 4 is 17.3 Å². The van der Waals surface area contributed by atoms with Gasteiger partial charge in [-0.3, -0.25) is 0 Å². The summed E-state index contributed by atoms with van der Waals surface area (Å²) in [4.78, 5) is 16.7. The van der Waals surface area contributed by atoms with Crippen LogP contribution < -0.4 is 14.2 Å². The van der Waals surface area contributed by atoms with Gasteiger partial charge in [0.25, 0.3) is 0 Å². The standard InChI is InChI=1S/C23H23NO5S/c1-23(2)11-15-7-6-10-19(21(15)29-23)27-13-20(25)28-12-16-14-30-22(24-16)17-8-4-5-9-18(17)26-3/h4-10,14H,11-13H2,1-3H3. The fourth-order valence-electron chi connectivity index (χ4n) is 3.35. The summed E-state index contributed by atoms with van der Waals surface area (Å²) in [6, 6.07) is 13.4. The second-order valence-corrected chi connectivity index (χ2v) is 8.43. The molecule has 7 heteroatoms. The SMILES string of the molecule is COc1ccccc1-c1nc(COC(=O)COc2cccc3c2OC(C)(C)C3)cs1. The van der Waals surface area contributed by atoms with Crippen molar-refractivity contribution in [1.29, 1.82) is 0 Å². The Balaban J connectivity index is 1.33. The van der Waals surface area contributed by atoms with Crippen LogP contribution in [0.15, 0.2) is 47.8 Å². The Hall–Kier alpha value is -3.06. The third kappa shape index (κ3) is 4.41. The average molecular weight is 426 g/mol. The maximum atomic E-state index is 12.2. The van der Waals surface area contributed by atoms with Crippen LogP contribution in [0.2, 0.25) is 0 Å². The number of carbonyl (C=O) groups excluding carboxylic acids is 1. The Labute approximate surface area is 179 Å². The van der Waals surface area contributed by atoms with Crippen LogP contribution in [-0.2, 0) is 22.6 Å². The molecule has 0 N–H and O–H groups in total. The average Bonchev–Trinajstić information content (AvgIpc) is 3.33. The molecular weight excluding hydrogens is 402 g/mol. The molecule has 1 aliphatic heterocycles. The number of aromatic nitrogens is 1. The lowest BCUT2D eigenvalue weighted by atomic mass is 10.0. The Kier molecular flexibility index (Phi) is 5.63. The highest BCUT2D eigenvalue weighted by atomic mass is 32.1. The summed E-state index contributed by atoms with van der Waals surface area (Å²) in [7, 11) is 1.63. The molecule has 0 fully saturated rings. The third-order valence-electron chi connectivity index (χ3n) is 4.67. The van der Waals surface area contributed by atoms with Crippen molar-refractivity contribution < 1.29 is 23.7 Å². The predicted molar refractivity (Wildman–Crippen MR) is 114 cm³/mol. The van der Waals surface area contributed by atoms with Gasteiger partial charge < -0.3 is 18.9 Å². The molecule has 0 saturated carbocycles. The number of thiazole rings is 1. The van der Waals surface area contributed by atoms with Crippen LogP contribution in [0.3, 0.4) is 0 Å². The molecule has 30 heavy (non-hydrogen) atoms. The van der Waals surface area contributed by atoms with Gasteiger partial charge in [-0.15, -0.1) is 11.3 Å². The van der Waals surface area contributed by atoms with Crippen molar-refractivity contribution in [2.24, 2.45) is 0 Å². The minimum Gasteiger partial charge on any atom is -0.496 e. The van der Waals surface area contributed by atoms with Gasteiger partial charge in [-0.2, -0.15) is 0 Å². The molecule has 0 aliphatic carbocycles. The molecule has 1 aromatic heterocycles. The second kappa shape index (κ2) is 8.36. The molecule has 0 unspecified atom stereocenters. The summed E-state index contributed by atoms with van der Waals surface area (Å²) in [5.74, 6) is 1.56. The van der Waals surface area contributed by atoms with Gasteiger partial charge >= 0.3 is 5.97 Å². The van der Waals surface area contributed by atoms with E-state index in [1.165, 1.54) is 11.3 Å². The zero-order valence-electron chi connectivity index (χ0n) is 17.1. The van der Waals surface area contributed by atoms with Crippen molar-refractivity contribution in [2.45, 2.75) is 32.5 Å². The first-order valence-corrected chi connectivity index (χ1v) is 10.5. The number of hydrogen-bond donors (Lipinski definition) is 0. The van der Waals surface area contributed by atoms with Crippen molar-refractivity contribution in [3.8, 4) is 27.8 Å². The van der Waals surface area contributed by atoms with Gasteiger partial charge in [0, 0.05) is 17.4 Å². The number of ether oxygens (including phenoxy) is 4. The van der Waals surface area contributed by atoms with E-state index >= 15 is 0 Å². The molecule has 0 spiro atoms. The smallest absolute Gasteiger partial charge is 0.344 e. The Morgan fingerprint density at radius 3 is 2.80 bits per heavy atom. The highest BCUT2D eigenvalue weighted by Crippen LogP contribution is 2.41. The number of fused-ring (bicyclic) bond motifs is 1. The molecule has 0 amide bonds. The van der Waals surface area contributed by atoms with E-state index < -0.39 is 5.97 Å². The molecule has 0 saturated heterocycles. The zero-order chi connectivity index (χ0) is 21.1. The lowest BCUT2D eigenvalue weighted by Gasteiger charge is -2.18. The maximum Gasteiger partial charge on any atom is 0.344 e. The van der Waals surface area contributed by atoms with E-state index in [1.54, 1.807) is 13.2 Å². The van der Waals surface area contributed by atoms with Crippen molar-refractivity contribution in [3.05, 3.63) is 59.1 Å². The quantitative estimate of drug-likeness (QED) is 0.513. The van der Waals surface area contributed by atoms with Crippen LogP contribution in [-0.4, -0.2) is 30.3 Å². The van der Waals surface area contributed by atoms with Gasteiger partial charge in [0.05, 0.1) is 18.4 Å². The molecule has 3 aromatic rings. The lowest BCUT2D eigenvalue weighted by molar-refractivity contribution is -0.147. The summed E-state index contributed by atoms with van der Waals surface area (Å²) in [6.45, 7) is 3.95. The van der Waals surface area contributed by atoms with E-state index in [1.807, 2.05) is 55.6 Å². The molecule has 6 nitrogen and oxygen atoms in total. The first-order chi connectivity index (χ1) is 14.4. The maximum absolute atomic E-state index is 12.2. The number of carbonyl (C=O) groups is 1. The van der Waals surface area contributed by atoms with Gasteiger partial charge in [0.15, 0.2) is 18.1 Å². The number of esters is 1. The summed E-state index contributed by atoms with van der Waals surface area (Å²) < 4.78 is 22.3. The summed E-state index contributed by atoms with van der Waals surface area (Å²) in [6.07, 6.45) is 0.808. The molecular formula is C23H23NO5S. The van der Waals surface area contributed by atoms with Crippen LogP contribution in [0.25, 0.3) is 10.6 Å². The largest absolute Gasteiger partial charge is 0.496 e. The van der Waals surface area contributed by atoms with E-state index in [9.17, 15) is 4.79 Å². The monoisotopic (exact) mass is 425 g/mol. The van der Waals surface area contributed by atoms with Crippen LogP contribution in [0.1, 0.15) is 25.1 Å². The number of hydrogen-bond acceptors (Lipinski definition) is 7. The highest BCUT2D eigenvalue weighted by Gasteiger charge is 2.32. The zero-order valence-corrected chi connectivity index (χ0v) is 18.0. The third-order valence-corrected chi connectivity index (χ3v) is 5.60. The van der Waals surface area contributed by atoms with E-state index in [0.717, 1.165) is 28.3 Å².